The Morgan fingerprint density at radius 3 is 2.88 bits per heavy atom. The van der Waals surface area contributed by atoms with E-state index in [-0.39, 0.29) is 5.92 Å². The Morgan fingerprint density at radius 1 is 1.44 bits per heavy atom. The lowest BCUT2D eigenvalue weighted by Gasteiger charge is -2.38. The number of rotatable bonds is 2. The van der Waals surface area contributed by atoms with Gasteiger partial charge >= 0.3 is 0 Å². The summed E-state index contributed by atoms with van der Waals surface area (Å²) in [5.74, 6) is 0.953. The Labute approximate surface area is 96.4 Å². The van der Waals surface area contributed by atoms with Gasteiger partial charge in [0.1, 0.15) is 5.75 Å². The number of hydrogen-bond donors (Lipinski definition) is 2. The Balaban J connectivity index is 2.34. The van der Waals surface area contributed by atoms with E-state index >= 15 is 0 Å². The molecule has 0 aromatic heterocycles. The molecule has 3 nitrogen and oxygen atoms in total. The lowest BCUT2D eigenvalue weighted by molar-refractivity contribution is 0.00712. The van der Waals surface area contributed by atoms with Gasteiger partial charge in [0.15, 0.2) is 0 Å². The monoisotopic (exact) mass is 221 g/mol. The van der Waals surface area contributed by atoms with Gasteiger partial charge in [-0.05, 0) is 26.0 Å². The molecule has 0 bridgehead atoms. The third kappa shape index (κ3) is 2.06. The predicted octanol–water partition coefficient (Wildman–Crippen LogP) is 1.52. The van der Waals surface area contributed by atoms with Crippen molar-refractivity contribution in [2.45, 2.75) is 24.9 Å². The summed E-state index contributed by atoms with van der Waals surface area (Å²) in [5, 5.41) is 13.7. The molecule has 0 spiro atoms. The molecule has 1 aromatic rings. The van der Waals surface area contributed by atoms with Crippen LogP contribution >= 0.6 is 0 Å². The molecule has 2 rings (SSSR count). The predicted molar refractivity (Wildman–Crippen MR) is 63.8 cm³/mol. The van der Waals surface area contributed by atoms with E-state index in [4.69, 9.17) is 4.74 Å². The molecule has 1 aromatic carbocycles. The van der Waals surface area contributed by atoms with Crippen molar-refractivity contribution in [3.63, 3.8) is 0 Å². The second-order valence-electron chi connectivity index (χ2n) is 4.61. The van der Waals surface area contributed by atoms with E-state index in [1.54, 1.807) is 7.11 Å². The molecular formula is C13H19NO2. The van der Waals surface area contributed by atoms with Crippen molar-refractivity contribution in [3.05, 3.63) is 29.8 Å². The van der Waals surface area contributed by atoms with Crippen LogP contribution in [0.3, 0.4) is 0 Å². The molecule has 2 N–H and O–H groups in total. The molecular weight excluding hydrogens is 202 g/mol. The van der Waals surface area contributed by atoms with Crippen molar-refractivity contribution in [1.29, 1.82) is 0 Å². The fraction of sp³-hybridized carbons (Fsp3) is 0.538. The maximum Gasteiger partial charge on any atom is 0.122 e. The number of para-hydroxylation sites is 1. The minimum absolute atomic E-state index is 0.0948. The average Bonchev–Trinajstić information content (AvgIpc) is 2.28. The molecule has 0 amide bonds. The van der Waals surface area contributed by atoms with Crippen LogP contribution in [-0.4, -0.2) is 30.9 Å². The highest BCUT2D eigenvalue weighted by atomic mass is 16.5. The van der Waals surface area contributed by atoms with Crippen LogP contribution in [-0.2, 0) is 0 Å². The third-order valence-corrected chi connectivity index (χ3v) is 3.42. The van der Waals surface area contributed by atoms with Gasteiger partial charge in [-0.25, -0.2) is 0 Å². The fourth-order valence-corrected chi connectivity index (χ4v) is 2.38. The summed E-state index contributed by atoms with van der Waals surface area (Å²) in [4.78, 5) is 0. The zero-order valence-corrected chi connectivity index (χ0v) is 9.86. The maximum atomic E-state index is 10.4. The number of nitrogens with one attached hydrogen (secondary N) is 1. The van der Waals surface area contributed by atoms with Gasteiger partial charge in [-0.15, -0.1) is 0 Å². The standard InChI is InChI=1S/C13H19NO2/c1-13(15)7-8-14-9-11(13)10-5-3-4-6-12(10)16-2/h3-6,11,14-15H,7-9H2,1-2H3. The van der Waals surface area contributed by atoms with E-state index in [9.17, 15) is 5.11 Å². The van der Waals surface area contributed by atoms with Crippen LogP contribution in [0.5, 0.6) is 5.75 Å². The normalized spacial score (nSPS) is 30.1. The largest absolute Gasteiger partial charge is 0.496 e. The summed E-state index contributed by atoms with van der Waals surface area (Å²) < 4.78 is 5.35. The van der Waals surface area contributed by atoms with Crippen molar-refractivity contribution in [3.8, 4) is 5.75 Å². The van der Waals surface area contributed by atoms with Crippen LogP contribution < -0.4 is 10.1 Å². The van der Waals surface area contributed by atoms with E-state index in [0.29, 0.717) is 0 Å². The highest BCUT2D eigenvalue weighted by molar-refractivity contribution is 5.38. The topological polar surface area (TPSA) is 41.5 Å². The lowest BCUT2D eigenvalue weighted by atomic mass is 9.78. The first-order valence-corrected chi connectivity index (χ1v) is 5.71. The molecule has 1 heterocycles. The van der Waals surface area contributed by atoms with Gasteiger partial charge in [0, 0.05) is 18.0 Å². The number of benzene rings is 1. The fourth-order valence-electron chi connectivity index (χ4n) is 2.38. The SMILES string of the molecule is COc1ccccc1C1CNCCC1(C)O. The quantitative estimate of drug-likeness (QED) is 0.795. The molecule has 2 atom stereocenters. The number of hydrogen-bond acceptors (Lipinski definition) is 3. The smallest absolute Gasteiger partial charge is 0.122 e. The van der Waals surface area contributed by atoms with Crippen molar-refractivity contribution in [2.75, 3.05) is 20.2 Å². The van der Waals surface area contributed by atoms with Crippen LogP contribution in [0.15, 0.2) is 24.3 Å². The van der Waals surface area contributed by atoms with Crippen LogP contribution in [0.1, 0.15) is 24.8 Å². The highest BCUT2D eigenvalue weighted by Gasteiger charge is 2.36. The molecule has 16 heavy (non-hydrogen) atoms. The second-order valence-corrected chi connectivity index (χ2v) is 4.61. The van der Waals surface area contributed by atoms with Crippen molar-refractivity contribution < 1.29 is 9.84 Å². The zero-order chi connectivity index (χ0) is 11.6. The summed E-state index contributed by atoms with van der Waals surface area (Å²) in [6.45, 7) is 3.58. The van der Waals surface area contributed by atoms with E-state index in [1.807, 2.05) is 31.2 Å². The minimum atomic E-state index is -0.653. The Hall–Kier alpha value is -1.06. The maximum absolute atomic E-state index is 10.4. The van der Waals surface area contributed by atoms with Crippen LogP contribution in [0.25, 0.3) is 0 Å². The average molecular weight is 221 g/mol. The van der Waals surface area contributed by atoms with Crippen molar-refractivity contribution in [2.24, 2.45) is 0 Å². The highest BCUT2D eigenvalue weighted by Crippen LogP contribution is 2.37. The molecule has 1 fully saturated rings. The summed E-state index contributed by atoms with van der Waals surface area (Å²) in [6, 6.07) is 7.92. The van der Waals surface area contributed by atoms with Crippen LogP contribution in [0.2, 0.25) is 0 Å². The molecule has 1 aliphatic rings. The first-order valence-electron chi connectivity index (χ1n) is 5.71. The molecule has 0 radical (unpaired) electrons. The Kier molecular flexibility index (Phi) is 3.17. The molecule has 2 unspecified atom stereocenters. The van der Waals surface area contributed by atoms with Crippen molar-refractivity contribution in [1.82, 2.24) is 5.32 Å². The number of ether oxygens (including phenoxy) is 1. The Bertz CT molecular complexity index is 363. The summed E-state index contributed by atoms with van der Waals surface area (Å²) in [7, 11) is 1.67. The van der Waals surface area contributed by atoms with Crippen molar-refractivity contribution >= 4 is 0 Å². The second kappa shape index (κ2) is 4.44. The number of aliphatic hydroxyl groups is 1. The van der Waals surface area contributed by atoms with Gasteiger partial charge in [0.05, 0.1) is 12.7 Å². The Morgan fingerprint density at radius 2 is 2.19 bits per heavy atom. The summed E-state index contributed by atoms with van der Waals surface area (Å²) in [5.41, 5.74) is 0.432. The van der Waals surface area contributed by atoms with Gasteiger partial charge in [-0.2, -0.15) is 0 Å². The van der Waals surface area contributed by atoms with E-state index < -0.39 is 5.60 Å². The van der Waals surface area contributed by atoms with E-state index in [1.165, 1.54) is 0 Å². The number of methoxy groups -OCH3 is 1. The summed E-state index contributed by atoms with van der Waals surface area (Å²) in [6.07, 6.45) is 0.774. The van der Waals surface area contributed by atoms with Gasteiger partial charge in [0.2, 0.25) is 0 Å². The van der Waals surface area contributed by atoms with Crippen LogP contribution in [0.4, 0.5) is 0 Å². The molecule has 3 heteroatoms. The zero-order valence-electron chi connectivity index (χ0n) is 9.86. The first kappa shape index (κ1) is 11.4. The third-order valence-electron chi connectivity index (χ3n) is 3.42. The molecule has 0 saturated carbocycles. The van der Waals surface area contributed by atoms with Crippen LogP contribution in [0, 0.1) is 0 Å². The first-order chi connectivity index (χ1) is 7.65. The minimum Gasteiger partial charge on any atom is -0.496 e. The van der Waals surface area contributed by atoms with Gasteiger partial charge < -0.3 is 15.2 Å². The van der Waals surface area contributed by atoms with Gasteiger partial charge in [-0.1, -0.05) is 18.2 Å². The molecule has 1 saturated heterocycles. The number of piperidine rings is 1. The molecule has 1 aliphatic heterocycles. The molecule has 88 valence electrons. The lowest BCUT2D eigenvalue weighted by Crippen LogP contribution is -2.46. The van der Waals surface area contributed by atoms with Gasteiger partial charge in [0.25, 0.3) is 0 Å². The van der Waals surface area contributed by atoms with E-state index in [2.05, 4.69) is 5.32 Å². The van der Waals surface area contributed by atoms with E-state index in [0.717, 1.165) is 30.8 Å². The molecule has 0 aliphatic carbocycles. The summed E-state index contributed by atoms with van der Waals surface area (Å²) >= 11 is 0. The van der Waals surface area contributed by atoms with Gasteiger partial charge in [-0.3, -0.25) is 0 Å².